The number of anilines is 2. The van der Waals surface area contributed by atoms with Crippen molar-refractivity contribution in [2.24, 2.45) is 0 Å². The predicted molar refractivity (Wildman–Crippen MR) is 98.3 cm³/mol. The molecule has 1 fully saturated rings. The van der Waals surface area contributed by atoms with Crippen LogP contribution in [0.15, 0.2) is 53.2 Å². The van der Waals surface area contributed by atoms with Gasteiger partial charge in [-0.3, -0.25) is 15.8 Å². The number of nitrogen functional groups attached to an aromatic ring is 1. The van der Waals surface area contributed by atoms with Crippen molar-refractivity contribution in [3.05, 3.63) is 59.9 Å². The highest BCUT2D eigenvalue weighted by Gasteiger charge is 2.23. The number of aromatic amines is 1. The SMILES string of the molecule is Nc1ccc(-c2ccc(CC(=O)Nc3cc(C4CCC4)no3)cc2)c[nH+]1. The van der Waals surface area contributed by atoms with Gasteiger partial charge in [0.15, 0.2) is 0 Å². The first-order valence-corrected chi connectivity index (χ1v) is 8.80. The van der Waals surface area contributed by atoms with E-state index in [4.69, 9.17) is 10.3 Å². The molecular formula is C20H21N4O2+. The molecule has 0 spiro atoms. The number of nitrogens with zero attached hydrogens (tertiary/aromatic N) is 1. The van der Waals surface area contributed by atoms with E-state index < -0.39 is 0 Å². The number of nitrogens with two attached hydrogens (primary N) is 1. The number of pyridine rings is 1. The van der Waals surface area contributed by atoms with Crippen LogP contribution in [0.4, 0.5) is 11.7 Å². The van der Waals surface area contributed by atoms with E-state index in [0.29, 0.717) is 17.6 Å². The molecule has 26 heavy (non-hydrogen) atoms. The summed E-state index contributed by atoms with van der Waals surface area (Å²) in [7, 11) is 0. The van der Waals surface area contributed by atoms with Gasteiger partial charge in [-0.15, -0.1) is 0 Å². The summed E-state index contributed by atoms with van der Waals surface area (Å²) >= 11 is 0. The number of hydrogen-bond acceptors (Lipinski definition) is 4. The van der Waals surface area contributed by atoms with Gasteiger partial charge in [0.1, 0.15) is 0 Å². The van der Waals surface area contributed by atoms with Crippen molar-refractivity contribution in [1.29, 1.82) is 0 Å². The standard InChI is InChI=1S/C20H20N4O2/c21-18-9-8-16(12-22-18)14-6-4-13(5-7-14)10-19(25)23-20-11-17(24-26-20)15-2-1-3-15/h4-9,11-12,15H,1-3,10H2,(H2,21,22)(H,23,25)/p+1. The summed E-state index contributed by atoms with van der Waals surface area (Å²) in [5, 5.41) is 6.83. The van der Waals surface area contributed by atoms with Crippen LogP contribution < -0.4 is 16.0 Å². The van der Waals surface area contributed by atoms with Crippen LogP contribution >= 0.6 is 0 Å². The smallest absolute Gasteiger partial charge is 0.270 e. The molecule has 0 unspecified atom stereocenters. The number of H-pyrrole nitrogens is 1. The van der Waals surface area contributed by atoms with Crippen molar-refractivity contribution in [3.8, 4) is 11.1 Å². The molecule has 1 aliphatic carbocycles. The van der Waals surface area contributed by atoms with Crippen LogP contribution in [0.5, 0.6) is 0 Å². The average molecular weight is 349 g/mol. The maximum atomic E-state index is 12.2. The van der Waals surface area contributed by atoms with E-state index in [0.717, 1.165) is 35.2 Å². The minimum Gasteiger partial charge on any atom is -0.338 e. The van der Waals surface area contributed by atoms with E-state index in [9.17, 15) is 4.79 Å². The molecule has 132 valence electrons. The summed E-state index contributed by atoms with van der Waals surface area (Å²) in [6.07, 6.45) is 5.69. The van der Waals surface area contributed by atoms with Gasteiger partial charge >= 0.3 is 0 Å². The van der Waals surface area contributed by atoms with E-state index in [2.05, 4.69) is 15.5 Å². The molecule has 0 bridgehead atoms. The minimum atomic E-state index is -0.116. The third-order valence-electron chi connectivity index (χ3n) is 4.80. The summed E-state index contributed by atoms with van der Waals surface area (Å²) in [6, 6.07) is 13.5. The second-order valence-corrected chi connectivity index (χ2v) is 6.70. The summed E-state index contributed by atoms with van der Waals surface area (Å²) in [5.41, 5.74) is 9.64. The molecule has 4 N–H and O–H groups in total. The number of benzene rings is 1. The van der Waals surface area contributed by atoms with Crippen LogP contribution in [0, 0.1) is 0 Å². The topological polar surface area (TPSA) is 95.3 Å². The number of rotatable bonds is 5. The van der Waals surface area contributed by atoms with Crippen molar-refractivity contribution >= 4 is 17.6 Å². The Morgan fingerprint density at radius 2 is 1.96 bits per heavy atom. The Labute approximate surface area is 151 Å². The molecule has 3 aromatic rings. The van der Waals surface area contributed by atoms with Crippen LogP contribution in [-0.4, -0.2) is 11.1 Å². The molecule has 2 aromatic heterocycles. The van der Waals surface area contributed by atoms with Crippen molar-refractivity contribution in [2.45, 2.75) is 31.6 Å². The fourth-order valence-corrected chi connectivity index (χ4v) is 3.04. The molecule has 0 radical (unpaired) electrons. The minimum absolute atomic E-state index is 0.116. The molecule has 1 aliphatic rings. The molecular weight excluding hydrogens is 328 g/mol. The summed E-state index contributed by atoms with van der Waals surface area (Å²) in [4.78, 5) is 15.2. The lowest BCUT2D eigenvalue weighted by atomic mass is 9.83. The average Bonchev–Trinajstić information content (AvgIpc) is 3.02. The molecule has 1 aromatic carbocycles. The van der Waals surface area contributed by atoms with Crippen molar-refractivity contribution in [3.63, 3.8) is 0 Å². The number of nitrogens with one attached hydrogen (secondary N) is 2. The van der Waals surface area contributed by atoms with E-state index >= 15 is 0 Å². The first-order chi connectivity index (χ1) is 12.7. The molecule has 6 heteroatoms. The summed E-state index contributed by atoms with van der Waals surface area (Å²) < 4.78 is 5.22. The zero-order valence-electron chi connectivity index (χ0n) is 14.4. The van der Waals surface area contributed by atoms with Crippen LogP contribution in [0.25, 0.3) is 11.1 Å². The van der Waals surface area contributed by atoms with Gasteiger partial charge in [-0.25, -0.2) is 4.98 Å². The van der Waals surface area contributed by atoms with Crippen molar-refractivity contribution < 1.29 is 14.3 Å². The van der Waals surface area contributed by atoms with Gasteiger partial charge < -0.3 is 4.52 Å². The van der Waals surface area contributed by atoms with Crippen molar-refractivity contribution in [2.75, 3.05) is 11.1 Å². The van der Waals surface area contributed by atoms with Gasteiger partial charge in [-0.1, -0.05) is 35.8 Å². The fraction of sp³-hybridized carbons (Fsp3) is 0.250. The van der Waals surface area contributed by atoms with Gasteiger partial charge in [0.25, 0.3) is 5.82 Å². The Kier molecular flexibility index (Phi) is 4.39. The molecule has 0 saturated heterocycles. The van der Waals surface area contributed by atoms with E-state index in [1.54, 1.807) is 0 Å². The van der Waals surface area contributed by atoms with Gasteiger partial charge in [0.05, 0.1) is 18.3 Å². The second-order valence-electron chi connectivity index (χ2n) is 6.70. The predicted octanol–water partition coefficient (Wildman–Crippen LogP) is 3.19. The Hall–Kier alpha value is -3.15. The largest absolute Gasteiger partial charge is 0.338 e. The Morgan fingerprint density at radius 3 is 2.62 bits per heavy atom. The molecule has 2 heterocycles. The van der Waals surface area contributed by atoms with E-state index in [1.807, 2.05) is 48.7 Å². The molecule has 1 saturated carbocycles. The number of hydrogen-bond donors (Lipinski definition) is 2. The normalized spacial score (nSPS) is 14.0. The highest BCUT2D eigenvalue weighted by atomic mass is 16.5. The number of amides is 1. The van der Waals surface area contributed by atoms with E-state index in [1.165, 1.54) is 6.42 Å². The van der Waals surface area contributed by atoms with Gasteiger partial charge in [-0.05, 0) is 30.0 Å². The molecule has 1 amide bonds. The molecule has 0 atom stereocenters. The first-order valence-electron chi connectivity index (χ1n) is 8.80. The number of aromatic nitrogens is 2. The van der Waals surface area contributed by atoms with Crippen LogP contribution in [0.3, 0.4) is 0 Å². The lowest BCUT2D eigenvalue weighted by molar-refractivity contribution is -0.359. The molecule has 6 nitrogen and oxygen atoms in total. The fourth-order valence-electron chi connectivity index (χ4n) is 3.04. The van der Waals surface area contributed by atoms with Crippen LogP contribution in [0.1, 0.15) is 36.4 Å². The zero-order valence-corrected chi connectivity index (χ0v) is 14.4. The highest BCUT2D eigenvalue weighted by molar-refractivity contribution is 5.91. The monoisotopic (exact) mass is 349 g/mol. The third kappa shape index (κ3) is 3.59. The zero-order chi connectivity index (χ0) is 17.9. The quantitative estimate of drug-likeness (QED) is 0.739. The first kappa shape index (κ1) is 16.3. The third-order valence-corrected chi connectivity index (χ3v) is 4.80. The summed E-state index contributed by atoms with van der Waals surface area (Å²) in [5.74, 6) is 1.42. The Morgan fingerprint density at radius 1 is 1.19 bits per heavy atom. The van der Waals surface area contributed by atoms with Gasteiger partial charge in [0.2, 0.25) is 11.8 Å². The maximum Gasteiger partial charge on any atom is 0.270 e. The van der Waals surface area contributed by atoms with Crippen LogP contribution in [-0.2, 0) is 11.2 Å². The van der Waals surface area contributed by atoms with Crippen LogP contribution in [0.2, 0.25) is 0 Å². The number of carbonyl (C=O) groups is 1. The van der Waals surface area contributed by atoms with Gasteiger partial charge in [-0.2, -0.15) is 0 Å². The summed E-state index contributed by atoms with van der Waals surface area (Å²) in [6.45, 7) is 0. The lowest BCUT2D eigenvalue weighted by Crippen LogP contribution is -2.14. The second kappa shape index (κ2) is 7.00. The molecule has 4 rings (SSSR count). The van der Waals surface area contributed by atoms with Crippen molar-refractivity contribution in [1.82, 2.24) is 5.16 Å². The highest BCUT2D eigenvalue weighted by Crippen LogP contribution is 2.36. The molecule has 0 aliphatic heterocycles. The Bertz CT molecular complexity index is 896. The lowest BCUT2D eigenvalue weighted by Gasteiger charge is -2.22. The number of carbonyl (C=O) groups excluding carboxylic acids is 1. The van der Waals surface area contributed by atoms with E-state index in [-0.39, 0.29) is 12.3 Å². The maximum absolute atomic E-state index is 12.2. The Balaban J connectivity index is 1.36. The van der Waals surface area contributed by atoms with Gasteiger partial charge in [0, 0.05) is 23.6 Å².